The van der Waals surface area contributed by atoms with Crippen LogP contribution in [0.4, 0.5) is 0 Å². The van der Waals surface area contributed by atoms with E-state index in [0.29, 0.717) is 12.4 Å². The maximum atomic E-state index is 11.4. The first-order valence-electron chi connectivity index (χ1n) is 8.89. The molecule has 3 nitrogen and oxygen atoms in total. The Hall–Kier alpha value is -2.55. The third kappa shape index (κ3) is 7.14. The quantitative estimate of drug-likeness (QED) is 0.366. The second-order valence-electron chi connectivity index (χ2n) is 6.54. The van der Waals surface area contributed by atoms with Crippen molar-refractivity contribution in [2.75, 3.05) is 6.61 Å². The molecular weight excluding hydrogens is 324 g/mol. The number of esters is 1. The van der Waals surface area contributed by atoms with Crippen molar-refractivity contribution in [3.05, 3.63) is 82.2 Å². The highest BCUT2D eigenvalue weighted by Crippen LogP contribution is 2.26. The highest BCUT2D eigenvalue weighted by Gasteiger charge is 2.12. The summed E-state index contributed by atoms with van der Waals surface area (Å²) in [6.07, 6.45) is 15.5. The van der Waals surface area contributed by atoms with E-state index < -0.39 is 0 Å². The van der Waals surface area contributed by atoms with E-state index in [0.717, 1.165) is 27.9 Å². The third-order valence-corrected chi connectivity index (χ3v) is 4.21. The summed E-state index contributed by atoms with van der Waals surface area (Å²) in [5.41, 5.74) is 5.05. The van der Waals surface area contributed by atoms with E-state index in [9.17, 15) is 9.90 Å². The van der Waals surface area contributed by atoms with Gasteiger partial charge in [-0.2, -0.15) is 0 Å². The van der Waals surface area contributed by atoms with Crippen molar-refractivity contribution in [3.8, 4) is 0 Å². The van der Waals surface area contributed by atoms with E-state index in [2.05, 4.69) is 18.2 Å². The number of carbonyl (C=O) groups excluding carboxylic acids is 1. The molecule has 1 rings (SSSR count). The van der Waals surface area contributed by atoms with Gasteiger partial charge in [0.05, 0.1) is 6.61 Å². The number of ether oxygens (including phenoxy) is 1. The lowest BCUT2D eigenvalue weighted by Crippen LogP contribution is -1.99. The van der Waals surface area contributed by atoms with Crippen LogP contribution in [0.25, 0.3) is 0 Å². The molecule has 0 aromatic carbocycles. The predicted octanol–water partition coefficient (Wildman–Crippen LogP) is 5.91. The topological polar surface area (TPSA) is 46.5 Å². The monoisotopic (exact) mass is 354 g/mol. The smallest absolute Gasteiger partial charge is 0.330 e. The van der Waals surface area contributed by atoms with Gasteiger partial charge in [0.15, 0.2) is 0 Å². The molecule has 0 bridgehead atoms. The minimum absolute atomic E-state index is 0.160. The molecule has 0 aromatic heterocycles. The molecule has 0 spiro atoms. The van der Waals surface area contributed by atoms with Gasteiger partial charge in [0, 0.05) is 12.0 Å². The molecule has 1 aliphatic carbocycles. The summed E-state index contributed by atoms with van der Waals surface area (Å²) < 4.78 is 4.88. The number of rotatable bonds is 6. The van der Waals surface area contributed by atoms with E-state index in [-0.39, 0.29) is 11.9 Å². The molecular formula is C23H30O3. The fourth-order valence-electron chi connectivity index (χ4n) is 2.44. The van der Waals surface area contributed by atoms with Crippen molar-refractivity contribution in [2.24, 2.45) is 5.92 Å². The normalized spacial score (nSPS) is 19.7. The molecule has 1 unspecified atom stereocenters. The van der Waals surface area contributed by atoms with Crippen molar-refractivity contribution in [3.63, 3.8) is 0 Å². The van der Waals surface area contributed by atoms with Crippen LogP contribution in [0.5, 0.6) is 0 Å². The lowest BCUT2D eigenvalue weighted by molar-refractivity contribution is -0.137. The first kappa shape index (κ1) is 21.5. The molecule has 0 radical (unpaired) electrons. The first-order chi connectivity index (χ1) is 12.2. The molecule has 0 fully saturated rings. The van der Waals surface area contributed by atoms with Gasteiger partial charge in [-0.25, -0.2) is 4.79 Å². The summed E-state index contributed by atoms with van der Waals surface area (Å²) in [5, 5.41) is 10.0. The van der Waals surface area contributed by atoms with Crippen LogP contribution in [0.3, 0.4) is 0 Å². The van der Waals surface area contributed by atoms with Gasteiger partial charge in [0.1, 0.15) is 5.76 Å². The summed E-state index contributed by atoms with van der Waals surface area (Å²) >= 11 is 0. The van der Waals surface area contributed by atoms with Crippen LogP contribution in [0.2, 0.25) is 0 Å². The maximum Gasteiger partial charge on any atom is 0.330 e. The van der Waals surface area contributed by atoms with Crippen molar-refractivity contribution >= 4 is 5.97 Å². The highest BCUT2D eigenvalue weighted by molar-refractivity contribution is 5.83. The average molecular weight is 354 g/mol. The van der Waals surface area contributed by atoms with Gasteiger partial charge in [0.2, 0.25) is 0 Å². The van der Waals surface area contributed by atoms with Crippen molar-refractivity contribution < 1.29 is 14.6 Å². The second-order valence-corrected chi connectivity index (χ2v) is 6.54. The van der Waals surface area contributed by atoms with Crippen LogP contribution in [0.1, 0.15) is 41.5 Å². The lowest BCUT2D eigenvalue weighted by Gasteiger charge is -2.08. The van der Waals surface area contributed by atoms with E-state index in [4.69, 9.17) is 4.74 Å². The Morgan fingerprint density at radius 3 is 2.54 bits per heavy atom. The molecule has 0 amide bonds. The molecule has 1 N–H and O–H groups in total. The summed E-state index contributed by atoms with van der Waals surface area (Å²) in [4.78, 5) is 11.4. The number of allylic oxidation sites excluding steroid dienone is 12. The molecule has 0 saturated carbocycles. The fourth-order valence-corrected chi connectivity index (χ4v) is 2.44. The van der Waals surface area contributed by atoms with Gasteiger partial charge in [-0.05, 0) is 64.3 Å². The number of aliphatic hydroxyl groups excluding tert-OH is 1. The molecule has 0 aromatic rings. The SMILES string of the molecule is CCOC(=O)/C=C(C)/C=C/C=C(C)/C=C/C1C=C(C)C(C)=C(O)C=C1C. The number of hydrogen-bond acceptors (Lipinski definition) is 3. The van der Waals surface area contributed by atoms with Crippen LogP contribution in [-0.2, 0) is 9.53 Å². The Bertz CT molecular complexity index is 737. The van der Waals surface area contributed by atoms with E-state index in [1.165, 1.54) is 6.08 Å². The Morgan fingerprint density at radius 1 is 1.19 bits per heavy atom. The fraction of sp³-hybridized carbons (Fsp3) is 0.348. The van der Waals surface area contributed by atoms with Crippen LogP contribution in [0, 0.1) is 5.92 Å². The molecule has 3 heteroatoms. The maximum absolute atomic E-state index is 11.4. The standard InChI is InChI=1S/C23H30O3/c1-7-26-23(25)13-17(3)10-8-9-16(2)11-12-21-14-18(4)20(6)22(24)15-19(21)5/h8-15,21,24H,7H2,1-6H3/b10-8+,12-11+,16-9+,17-13+. The zero-order chi connectivity index (χ0) is 19.7. The third-order valence-electron chi connectivity index (χ3n) is 4.21. The lowest BCUT2D eigenvalue weighted by atomic mass is 9.97. The Kier molecular flexibility index (Phi) is 8.63. The van der Waals surface area contributed by atoms with Crippen molar-refractivity contribution in [1.29, 1.82) is 0 Å². The summed E-state index contributed by atoms with van der Waals surface area (Å²) in [5.74, 6) is 0.179. The molecule has 1 aliphatic rings. The van der Waals surface area contributed by atoms with E-state index in [1.54, 1.807) is 6.92 Å². The van der Waals surface area contributed by atoms with Crippen molar-refractivity contribution in [1.82, 2.24) is 0 Å². The Morgan fingerprint density at radius 2 is 1.88 bits per heavy atom. The molecule has 140 valence electrons. The second kappa shape index (κ2) is 10.4. The Balaban J connectivity index is 2.79. The average Bonchev–Trinajstić information content (AvgIpc) is 2.65. The molecule has 1 atom stereocenters. The summed E-state index contributed by atoms with van der Waals surface area (Å²) in [6, 6.07) is 0. The zero-order valence-corrected chi connectivity index (χ0v) is 16.7. The van der Waals surface area contributed by atoms with Gasteiger partial charge < -0.3 is 9.84 Å². The number of aliphatic hydroxyl groups is 1. The van der Waals surface area contributed by atoms with E-state index >= 15 is 0 Å². The molecule has 26 heavy (non-hydrogen) atoms. The minimum atomic E-state index is -0.319. The molecule has 0 heterocycles. The first-order valence-corrected chi connectivity index (χ1v) is 8.89. The van der Waals surface area contributed by atoms with Gasteiger partial charge in [-0.1, -0.05) is 47.6 Å². The zero-order valence-electron chi connectivity index (χ0n) is 16.7. The van der Waals surface area contributed by atoms with Crippen LogP contribution in [-0.4, -0.2) is 17.7 Å². The van der Waals surface area contributed by atoms with Crippen LogP contribution < -0.4 is 0 Å². The van der Waals surface area contributed by atoms with Gasteiger partial charge in [0.25, 0.3) is 0 Å². The van der Waals surface area contributed by atoms with Crippen LogP contribution >= 0.6 is 0 Å². The number of carbonyl (C=O) groups is 1. The summed E-state index contributed by atoms with van der Waals surface area (Å²) in [6.45, 7) is 12.0. The Labute approximate surface area is 157 Å². The van der Waals surface area contributed by atoms with Gasteiger partial charge in [-0.3, -0.25) is 0 Å². The summed E-state index contributed by atoms with van der Waals surface area (Å²) in [7, 11) is 0. The van der Waals surface area contributed by atoms with E-state index in [1.807, 2.05) is 58.9 Å². The highest BCUT2D eigenvalue weighted by atomic mass is 16.5. The predicted molar refractivity (Wildman–Crippen MR) is 109 cm³/mol. The van der Waals surface area contributed by atoms with Gasteiger partial charge in [-0.15, -0.1) is 0 Å². The molecule has 0 aliphatic heterocycles. The largest absolute Gasteiger partial charge is 0.508 e. The van der Waals surface area contributed by atoms with Crippen LogP contribution in [0.15, 0.2) is 82.2 Å². The number of hydrogen-bond donors (Lipinski definition) is 1. The van der Waals surface area contributed by atoms with Gasteiger partial charge >= 0.3 is 5.97 Å². The minimum Gasteiger partial charge on any atom is -0.508 e. The molecule has 0 saturated heterocycles. The van der Waals surface area contributed by atoms with Crippen molar-refractivity contribution in [2.45, 2.75) is 41.5 Å².